The standard InChI is InChI=1S/C27H22F3N5O4/c28-27(29,30)21-22(17-6-2-1-3-7-17)33-38-24(21)26-32-25(34-39-26)19-11-9-18(10-12-19)23(37)20(36)8-4-5-14-35-15-13-31-16-35/h1-3,6-7,9-13,15-16,23,37H,4-5,8,14H2. The van der Waals surface area contributed by atoms with E-state index in [0.29, 0.717) is 17.5 Å². The highest BCUT2D eigenvalue weighted by Gasteiger charge is 2.43. The number of alkyl halides is 3. The summed E-state index contributed by atoms with van der Waals surface area (Å²) in [5.41, 5.74) is -0.496. The molecule has 5 rings (SSSR count). The van der Waals surface area contributed by atoms with Crippen molar-refractivity contribution in [3.8, 4) is 34.3 Å². The van der Waals surface area contributed by atoms with E-state index in [1.54, 1.807) is 42.9 Å². The van der Waals surface area contributed by atoms with Crippen molar-refractivity contribution in [2.75, 3.05) is 0 Å². The molecule has 0 bridgehead atoms. The van der Waals surface area contributed by atoms with E-state index in [1.165, 1.54) is 24.3 Å². The van der Waals surface area contributed by atoms with E-state index < -0.39 is 29.5 Å². The van der Waals surface area contributed by atoms with Gasteiger partial charge in [-0.3, -0.25) is 4.79 Å². The number of halogens is 3. The molecule has 9 nitrogen and oxygen atoms in total. The molecule has 0 aliphatic heterocycles. The molecule has 200 valence electrons. The van der Waals surface area contributed by atoms with Gasteiger partial charge in [0.15, 0.2) is 5.78 Å². The first kappa shape index (κ1) is 26.0. The Bertz CT molecular complexity index is 1530. The summed E-state index contributed by atoms with van der Waals surface area (Å²) in [5, 5.41) is 17.8. The Balaban J connectivity index is 1.28. The van der Waals surface area contributed by atoms with E-state index in [0.717, 1.165) is 13.0 Å². The lowest BCUT2D eigenvalue weighted by atomic mass is 10.0. The van der Waals surface area contributed by atoms with Crippen molar-refractivity contribution < 1.29 is 32.1 Å². The second kappa shape index (κ2) is 11.0. The zero-order valence-electron chi connectivity index (χ0n) is 20.4. The molecule has 1 unspecified atom stereocenters. The monoisotopic (exact) mass is 537 g/mol. The summed E-state index contributed by atoms with van der Waals surface area (Å²) in [6, 6.07) is 14.0. The van der Waals surface area contributed by atoms with Crippen molar-refractivity contribution in [1.29, 1.82) is 0 Å². The summed E-state index contributed by atoms with van der Waals surface area (Å²) in [4.78, 5) is 20.4. The summed E-state index contributed by atoms with van der Waals surface area (Å²) in [7, 11) is 0. The van der Waals surface area contributed by atoms with Gasteiger partial charge < -0.3 is 18.7 Å². The van der Waals surface area contributed by atoms with E-state index in [4.69, 9.17) is 9.05 Å². The molecule has 0 saturated heterocycles. The number of unbranched alkanes of at least 4 members (excludes halogenated alkanes) is 1. The predicted molar refractivity (Wildman–Crippen MR) is 132 cm³/mol. The number of rotatable bonds is 10. The van der Waals surface area contributed by atoms with Crippen LogP contribution in [0.2, 0.25) is 0 Å². The highest BCUT2D eigenvalue weighted by Crippen LogP contribution is 2.43. The summed E-state index contributed by atoms with van der Waals surface area (Å²) in [6.07, 6.45) is 0.736. The molecule has 0 aliphatic carbocycles. The van der Waals surface area contributed by atoms with Crippen LogP contribution in [0.3, 0.4) is 0 Å². The largest absolute Gasteiger partial charge is 0.422 e. The Kier molecular flexibility index (Phi) is 7.37. The SMILES string of the molecule is O=C(CCCCn1ccnc1)C(O)c1ccc(-c2noc(-c3onc(-c4ccccc4)c3C(F)(F)F)n2)cc1. The molecule has 39 heavy (non-hydrogen) atoms. The zero-order valence-corrected chi connectivity index (χ0v) is 20.4. The smallest absolute Gasteiger partial charge is 0.381 e. The minimum Gasteiger partial charge on any atom is -0.381 e. The minimum atomic E-state index is -4.79. The maximum atomic E-state index is 13.9. The number of hydrogen-bond acceptors (Lipinski definition) is 8. The molecular weight excluding hydrogens is 515 g/mol. The maximum Gasteiger partial charge on any atom is 0.422 e. The van der Waals surface area contributed by atoms with Crippen LogP contribution < -0.4 is 0 Å². The average Bonchev–Trinajstić information content (AvgIpc) is 3.71. The molecule has 12 heteroatoms. The van der Waals surface area contributed by atoms with Gasteiger partial charge in [-0.25, -0.2) is 4.98 Å². The van der Waals surface area contributed by atoms with Crippen LogP contribution in [0.4, 0.5) is 13.2 Å². The first-order valence-electron chi connectivity index (χ1n) is 12.0. The second-order valence-electron chi connectivity index (χ2n) is 8.77. The molecule has 3 heterocycles. The summed E-state index contributed by atoms with van der Waals surface area (Å²) in [6.45, 7) is 0.733. The summed E-state index contributed by atoms with van der Waals surface area (Å²) >= 11 is 0. The lowest BCUT2D eigenvalue weighted by Gasteiger charge is -2.10. The highest BCUT2D eigenvalue weighted by atomic mass is 19.4. The fraction of sp³-hybridized carbons (Fsp3) is 0.222. The highest BCUT2D eigenvalue weighted by molar-refractivity contribution is 5.84. The molecular formula is C27H22F3N5O4. The first-order valence-corrected chi connectivity index (χ1v) is 12.0. The van der Waals surface area contributed by atoms with Gasteiger partial charge in [0.1, 0.15) is 17.4 Å². The molecule has 2 aromatic carbocycles. The van der Waals surface area contributed by atoms with Gasteiger partial charge in [-0.15, -0.1) is 0 Å². The molecule has 0 aliphatic rings. The number of hydrogen-bond donors (Lipinski definition) is 1. The Morgan fingerprint density at radius 1 is 0.974 bits per heavy atom. The number of benzene rings is 2. The number of carbonyl (C=O) groups excluding carboxylic acids is 1. The topological polar surface area (TPSA) is 120 Å². The van der Waals surface area contributed by atoms with Gasteiger partial charge in [0.2, 0.25) is 11.6 Å². The number of ketones is 1. The minimum absolute atomic E-state index is 0.00246. The van der Waals surface area contributed by atoms with Crippen LogP contribution in [0.15, 0.2) is 82.4 Å². The number of carbonyl (C=O) groups is 1. The zero-order chi connectivity index (χ0) is 27.4. The number of aliphatic hydroxyl groups is 1. The van der Waals surface area contributed by atoms with Gasteiger partial charge in [-0.05, 0) is 18.4 Å². The predicted octanol–water partition coefficient (Wildman–Crippen LogP) is 5.75. The third-order valence-electron chi connectivity index (χ3n) is 6.08. The first-order chi connectivity index (χ1) is 18.8. The number of imidazole rings is 1. The molecule has 5 aromatic rings. The van der Waals surface area contributed by atoms with E-state index in [-0.39, 0.29) is 29.3 Å². The van der Waals surface area contributed by atoms with Crippen molar-refractivity contribution >= 4 is 5.78 Å². The number of nitrogens with zero attached hydrogens (tertiary/aromatic N) is 5. The number of aryl methyl sites for hydroxylation is 1. The van der Waals surface area contributed by atoms with Crippen LogP contribution in [0.5, 0.6) is 0 Å². The lowest BCUT2D eigenvalue weighted by Crippen LogP contribution is -2.12. The summed E-state index contributed by atoms with van der Waals surface area (Å²) < 4.78 is 53.8. The Morgan fingerprint density at radius 2 is 1.74 bits per heavy atom. The quantitative estimate of drug-likeness (QED) is 0.224. The molecule has 0 amide bonds. The number of Topliss-reactive ketones (excluding diaryl/α,β-unsaturated/α-hetero) is 1. The third kappa shape index (κ3) is 5.80. The van der Waals surface area contributed by atoms with Gasteiger partial charge >= 0.3 is 6.18 Å². The molecule has 0 saturated carbocycles. The van der Waals surface area contributed by atoms with E-state index in [2.05, 4.69) is 20.3 Å². The Morgan fingerprint density at radius 3 is 2.44 bits per heavy atom. The molecule has 1 N–H and O–H groups in total. The van der Waals surface area contributed by atoms with Crippen LogP contribution >= 0.6 is 0 Å². The molecule has 0 radical (unpaired) electrons. The van der Waals surface area contributed by atoms with Crippen LogP contribution in [-0.2, 0) is 17.5 Å². The maximum absolute atomic E-state index is 13.9. The summed E-state index contributed by atoms with van der Waals surface area (Å²) in [5.74, 6) is -1.48. The Hall–Kier alpha value is -4.58. The van der Waals surface area contributed by atoms with Gasteiger partial charge in [-0.1, -0.05) is 64.9 Å². The second-order valence-corrected chi connectivity index (χ2v) is 8.77. The van der Waals surface area contributed by atoms with E-state index in [1.807, 2.05) is 10.8 Å². The van der Waals surface area contributed by atoms with Gasteiger partial charge in [0.05, 0.1) is 6.33 Å². The normalized spacial score (nSPS) is 12.5. The lowest BCUT2D eigenvalue weighted by molar-refractivity contribution is -0.137. The molecule has 3 aromatic heterocycles. The van der Waals surface area contributed by atoms with E-state index in [9.17, 15) is 23.1 Å². The van der Waals surface area contributed by atoms with Gasteiger partial charge in [0, 0.05) is 36.5 Å². The van der Waals surface area contributed by atoms with Crippen molar-refractivity contribution in [2.24, 2.45) is 0 Å². The number of aromatic nitrogens is 5. The fourth-order valence-electron chi connectivity index (χ4n) is 4.07. The van der Waals surface area contributed by atoms with Crippen molar-refractivity contribution in [2.45, 2.75) is 38.1 Å². The van der Waals surface area contributed by atoms with Crippen molar-refractivity contribution in [3.05, 3.63) is 84.4 Å². The van der Waals surface area contributed by atoms with Crippen LogP contribution in [0, 0.1) is 0 Å². The number of aliphatic hydroxyl groups excluding tert-OH is 1. The third-order valence-corrected chi connectivity index (χ3v) is 6.08. The van der Waals surface area contributed by atoms with Gasteiger partial charge in [0.25, 0.3) is 5.89 Å². The van der Waals surface area contributed by atoms with Crippen molar-refractivity contribution in [3.63, 3.8) is 0 Å². The van der Waals surface area contributed by atoms with Crippen LogP contribution in [0.1, 0.15) is 36.5 Å². The molecule has 0 fully saturated rings. The fourth-order valence-corrected chi connectivity index (χ4v) is 4.07. The molecule has 0 spiro atoms. The average molecular weight is 537 g/mol. The molecule has 1 atom stereocenters. The van der Waals surface area contributed by atoms with Crippen LogP contribution in [0.25, 0.3) is 34.3 Å². The van der Waals surface area contributed by atoms with Crippen LogP contribution in [-0.4, -0.2) is 35.7 Å². The Labute approximate surface area is 219 Å². The van der Waals surface area contributed by atoms with Crippen molar-refractivity contribution in [1.82, 2.24) is 24.8 Å². The van der Waals surface area contributed by atoms with E-state index >= 15 is 0 Å². The van der Waals surface area contributed by atoms with Gasteiger partial charge in [-0.2, -0.15) is 18.2 Å².